The summed E-state index contributed by atoms with van der Waals surface area (Å²) in [7, 11) is 2.32. The molecule has 3 nitrogen and oxygen atoms in total. The molecule has 2 unspecified atom stereocenters. The Hall–Kier alpha value is -0.420. The van der Waals surface area contributed by atoms with Gasteiger partial charge in [-0.1, -0.05) is 6.07 Å². The van der Waals surface area contributed by atoms with Gasteiger partial charge in [0.1, 0.15) is 0 Å². The molecule has 2 aliphatic heterocycles. The molecular formula is C17H27N3S. The second kappa shape index (κ2) is 5.34. The van der Waals surface area contributed by atoms with Gasteiger partial charge < -0.3 is 10.6 Å². The third kappa shape index (κ3) is 2.46. The predicted molar refractivity (Wildman–Crippen MR) is 88.5 cm³/mol. The first-order chi connectivity index (χ1) is 10.2. The standard InChI is InChI=1S/C17H27N3S/c1-19-14-6-7-15(19)10-17(9-14,12-18)20(13-4-5-13)11-16-3-2-8-21-16/h2-3,8,13-15H,4-7,9-12,18H2,1H3. The van der Waals surface area contributed by atoms with Gasteiger partial charge in [0.2, 0.25) is 0 Å². The molecule has 1 aromatic rings. The quantitative estimate of drug-likeness (QED) is 0.908. The fourth-order valence-electron chi connectivity index (χ4n) is 4.70. The van der Waals surface area contributed by atoms with Crippen LogP contribution in [0.15, 0.2) is 17.5 Å². The lowest BCUT2D eigenvalue weighted by atomic mass is 9.81. The summed E-state index contributed by atoms with van der Waals surface area (Å²) in [5.41, 5.74) is 6.63. The predicted octanol–water partition coefficient (Wildman–Crippen LogP) is 2.67. The Balaban J connectivity index is 1.60. The lowest BCUT2D eigenvalue weighted by molar-refractivity contribution is -0.00917. The first-order valence-electron chi connectivity index (χ1n) is 8.43. The van der Waals surface area contributed by atoms with Crippen molar-refractivity contribution in [2.45, 2.75) is 68.7 Å². The molecule has 4 heteroatoms. The van der Waals surface area contributed by atoms with E-state index in [1.165, 1.54) is 43.4 Å². The minimum absolute atomic E-state index is 0.253. The molecule has 0 amide bonds. The van der Waals surface area contributed by atoms with E-state index in [9.17, 15) is 0 Å². The summed E-state index contributed by atoms with van der Waals surface area (Å²) >= 11 is 1.89. The maximum absolute atomic E-state index is 6.37. The van der Waals surface area contributed by atoms with Crippen molar-refractivity contribution in [2.75, 3.05) is 13.6 Å². The summed E-state index contributed by atoms with van der Waals surface area (Å²) in [5, 5.41) is 2.20. The van der Waals surface area contributed by atoms with Gasteiger partial charge in [0.05, 0.1) is 0 Å². The molecule has 3 aliphatic rings. The Labute approximate surface area is 132 Å². The Kier molecular flexibility index (Phi) is 3.61. The molecule has 0 spiro atoms. The lowest BCUT2D eigenvalue weighted by Gasteiger charge is -2.51. The molecule has 0 radical (unpaired) electrons. The molecule has 1 saturated carbocycles. The third-order valence-electron chi connectivity index (χ3n) is 6.10. The highest BCUT2D eigenvalue weighted by molar-refractivity contribution is 7.09. The van der Waals surface area contributed by atoms with Gasteiger partial charge in [-0.25, -0.2) is 0 Å². The molecule has 0 aromatic carbocycles. The van der Waals surface area contributed by atoms with E-state index in [1.54, 1.807) is 0 Å². The summed E-state index contributed by atoms with van der Waals surface area (Å²) in [5.74, 6) is 0. The average molecular weight is 305 g/mol. The van der Waals surface area contributed by atoms with Crippen LogP contribution in [0.4, 0.5) is 0 Å². The Morgan fingerprint density at radius 2 is 2.00 bits per heavy atom. The Bertz CT molecular complexity index is 468. The van der Waals surface area contributed by atoms with Gasteiger partial charge in [-0.3, -0.25) is 4.90 Å². The van der Waals surface area contributed by atoms with Crippen LogP contribution in [-0.4, -0.2) is 47.1 Å². The number of hydrogen-bond donors (Lipinski definition) is 1. The maximum atomic E-state index is 6.37. The fraction of sp³-hybridized carbons (Fsp3) is 0.765. The van der Waals surface area contributed by atoms with Crippen LogP contribution in [0, 0.1) is 0 Å². The number of nitrogens with two attached hydrogens (primary N) is 1. The van der Waals surface area contributed by atoms with Crippen LogP contribution in [0.5, 0.6) is 0 Å². The number of piperidine rings is 1. The smallest absolute Gasteiger partial charge is 0.0368 e. The van der Waals surface area contributed by atoms with E-state index < -0.39 is 0 Å². The van der Waals surface area contributed by atoms with Crippen molar-refractivity contribution in [3.63, 3.8) is 0 Å². The van der Waals surface area contributed by atoms with Crippen LogP contribution in [-0.2, 0) is 6.54 Å². The van der Waals surface area contributed by atoms with Crippen LogP contribution in [0.2, 0.25) is 0 Å². The summed E-state index contributed by atoms with van der Waals surface area (Å²) in [6.45, 7) is 1.94. The van der Waals surface area contributed by atoms with Crippen LogP contribution in [0.1, 0.15) is 43.4 Å². The first-order valence-corrected chi connectivity index (χ1v) is 9.31. The fourth-order valence-corrected chi connectivity index (χ4v) is 5.40. The van der Waals surface area contributed by atoms with Gasteiger partial charge >= 0.3 is 0 Å². The van der Waals surface area contributed by atoms with Gasteiger partial charge in [0, 0.05) is 41.6 Å². The van der Waals surface area contributed by atoms with E-state index in [0.29, 0.717) is 0 Å². The number of thiophene rings is 1. The number of rotatable bonds is 5. The molecule has 1 aromatic heterocycles. The Morgan fingerprint density at radius 3 is 2.52 bits per heavy atom. The number of fused-ring (bicyclic) bond motifs is 2. The largest absolute Gasteiger partial charge is 0.329 e. The van der Waals surface area contributed by atoms with Crippen molar-refractivity contribution in [3.05, 3.63) is 22.4 Å². The van der Waals surface area contributed by atoms with E-state index in [2.05, 4.69) is 34.4 Å². The van der Waals surface area contributed by atoms with Crippen molar-refractivity contribution in [1.82, 2.24) is 9.80 Å². The lowest BCUT2D eigenvalue weighted by Crippen LogP contribution is -2.62. The van der Waals surface area contributed by atoms with Crippen LogP contribution in [0.25, 0.3) is 0 Å². The van der Waals surface area contributed by atoms with E-state index in [1.807, 2.05) is 11.3 Å². The van der Waals surface area contributed by atoms with Gasteiger partial charge in [0.25, 0.3) is 0 Å². The molecule has 2 bridgehead atoms. The van der Waals surface area contributed by atoms with Crippen molar-refractivity contribution >= 4 is 11.3 Å². The van der Waals surface area contributed by atoms with E-state index in [0.717, 1.165) is 31.2 Å². The van der Waals surface area contributed by atoms with Gasteiger partial charge in [-0.05, 0) is 57.0 Å². The molecule has 2 saturated heterocycles. The zero-order valence-electron chi connectivity index (χ0n) is 13.0. The molecule has 3 fully saturated rings. The second-order valence-electron chi connectivity index (χ2n) is 7.33. The molecule has 2 atom stereocenters. The monoisotopic (exact) mass is 305 g/mol. The van der Waals surface area contributed by atoms with Crippen molar-refractivity contribution in [2.24, 2.45) is 5.73 Å². The molecule has 21 heavy (non-hydrogen) atoms. The van der Waals surface area contributed by atoms with Crippen LogP contribution >= 0.6 is 11.3 Å². The zero-order valence-corrected chi connectivity index (χ0v) is 13.8. The SMILES string of the molecule is CN1C2CCC1CC(CN)(N(Cc1cccs1)C1CC1)C2. The minimum Gasteiger partial charge on any atom is -0.329 e. The van der Waals surface area contributed by atoms with Crippen LogP contribution < -0.4 is 5.73 Å². The topological polar surface area (TPSA) is 32.5 Å². The molecule has 3 heterocycles. The van der Waals surface area contributed by atoms with Crippen molar-refractivity contribution in [1.29, 1.82) is 0 Å². The summed E-state index contributed by atoms with van der Waals surface area (Å²) in [6, 6.07) is 6.78. The summed E-state index contributed by atoms with van der Waals surface area (Å²) in [6.07, 6.45) is 8.05. The van der Waals surface area contributed by atoms with Crippen molar-refractivity contribution in [3.8, 4) is 0 Å². The average Bonchev–Trinajstić information content (AvgIpc) is 3.17. The highest BCUT2D eigenvalue weighted by Crippen LogP contribution is 2.46. The summed E-state index contributed by atoms with van der Waals surface area (Å²) in [4.78, 5) is 6.93. The highest BCUT2D eigenvalue weighted by atomic mass is 32.1. The van der Waals surface area contributed by atoms with E-state index >= 15 is 0 Å². The van der Waals surface area contributed by atoms with E-state index in [4.69, 9.17) is 5.73 Å². The Morgan fingerprint density at radius 1 is 1.29 bits per heavy atom. The molecular weight excluding hydrogens is 278 g/mol. The number of hydrogen-bond acceptors (Lipinski definition) is 4. The van der Waals surface area contributed by atoms with Gasteiger partial charge in [0.15, 0.2) is 0 Å². The van der Waals surface area contributed by atoms with E-state index in [-0.39, 0.29) is 5.54 Å². The summed E-state index contributed by atoms with van der Waals surface area (Å²) < 4.78 is 0. The third-order valence-corrected chi connectivity index (χ3v) is 6.96. The normalized spacial score (nSPS) is 36.5. The van der Waals surface area contributed by atoms with Gasteiger partial charge in [-0.2, -0.15) is 0 Å². The molecule has 116 valence electrons. The maximum Gasteiger partial charge on any atom is 0.0368 e. The number of nitrogens with zero attached hydrogens (tertiary/aromatic N) is 2. The van der Waals surface area contributed by atoms with Crippen LogP contribution in [0.3, 0.4) is 0 Å². The zero-order chi connectivity index (χ0) is 14.4. The second-order valence-corrected chi connectivity index (χ2v) is 8.36. The molecule has 4 rings (SSSR count). The van der Waals surface area contributed by atoms with Gasteiger partial charge in [-0.15, -0.1) is 11.3 Å². The molecule has 2 N–H and O–H groups in total. The minimum atomic E-state index is 0.253. The first kappa shape index (κ1) is 14.2. The molecule has 1 aliphatic carbocycles. The van der Waals surface area contributed by atoms with Crippen molar-refractivity contribution < 1.29 is 0 Å². The highest BCUT2D eigenvalue weighted by Gasteiger charge is 2.52.